The van der Waals surface area contributed by atoms with Gasteiger partial charge in [0.2, 0.25) is 23.7 Å². The maximum atomic E-state index is 12.3. The molecular weight excluding hydrogens is 326 g/mol. The highest BCUT2D eigenvalue weighted by Crippen LogP contribution is 2.19. The van der Waals surface area contributed by atoms with Gasteiger partial charge in [-0.1, -0.05) is 12.1 Å². The van der Waals surface area contributed by atoms with E-state index in [0.717, 1.165) is 0 Å². The molecule has 10 heteroatoms. The van der Waals surface area contributed by atoms with E-state index in [-0.39, 0.29) is 12.4 Å². The standard InChI is InChI=1S/C15H17N7O3/c1-22(2)15-19-14(20-21-15)18-11(23)7-10-13(25)16-9-6-4-3-5-8(9)12(24)17-10/h3-6,10H,7H2,1-2H3,(H,16,25)(H,17,24)(H2,18,19,20,21,23)/t10-/m0/s1. The van der Waals surface area contributed by atoms with Crippen LogP contribution in [0.15, 0.2) is 24.3 Å². The van der Waals surface area contributed by atoms with Gasteiger partial charge in [0.15, 0.2) is 0 Å². The number of hydrogen-bond acceptors (Lipinski definition) is 6. The zero-order chi connectivity index (χ0) is 18.0. The molecule has 10 nitrogen and oxygen atoms in total. The summed E-state index contributed by atoms with van der Waals surface area (Å²) in [5, 5.41) is 14.2. The van der Waals surface area contributed by atoms with Crippen LogP contribution in [-0.4, -0.2) is 53.0 Å². The first-order valence-corrected chi connectivity index (χ1v) is 7.54. The molecule has 0 saturated heterocycles. The number of para-hydroxylation sites is 1. The summed E-state index contributed by atoms with van der Waals surface area (Å²) in [7, 11) is 3.52. The molecule has 0 fully saturated rings. The summed E-state index contributed by atoms with van der Waals surface area (Å²) in [5.41, 5.74) is 0.767. The Morgan fingerprint density at radius 2 is 2.04 bits per heavy atom. The van der Waals surface area contributed by atoms with Crippen molar-refractivity contribution in [1.82, 2.24) is 20.5 Å². The largest absolute Gasteiger partial charge is 0.346 e. The molecule has 4 N–H and O–H groups in total. The number of carbonyl (C=O) groups is 3. The van der Waals surface area contributed by atoms with E-state index in [1.807, 2.05) is 0 Å². The Morgan fingerprint density at radius 3 is 2.76 bits per heavy atom. The molecule has 0 saturated carbocycles. The summed E-state index contributed by atoms with van der Waals surface area (Å²) in [6, 6.07) is 5.66. The third-order valence-electron chi connectivity index (χ3n) is 3.57. The minimum atomic E-state index is -0.990. The first kappa shape index (κ1) is 16.4. The predicted molar refractivity (Wildman–Crippen MR) is 90.3 cm³/mol. The molecule has 1 aromatic heterocycles. The highest BCUT2D eigenvalue weighted by molar-refractivity contribution is 6.11. The fraction of sp³-hybridized carbons (Fsp3) is 0.267. The topological polar surface area (TPSA) is 132 Å². The van der Waals surface area contributed by atoms with Crippen molar-refractivity contribution < 1.29 is 14.4 Å². The SMILES string of the molecule is CN(C)c1n[nH]c(NC(=O)C[C@@H]2NC(=O)c3ccccc3NC2=O)n1. The number of hydrogen-bond donors (Lipinski definition) is 4. The number of fused-ring (bicyclic) bond motifs is 1. The van der Waals surface area contributed by atoms with Crippen molar-refractivity contribution in [3.05, 3.63) is 29.8 Å². The number of benzene rings is 1. The smallest absolute Gasteiger partial charge is 0.254 e. The Bertz CT molecular complexity index is 830. The fourth-order valence-electron chi connectivity index (χ4n) is 2.33. The molecule has 0 aliphatic carbocycles. The van der Waals surface area contributed by atoms with Gasteiger partial charge in [0.1, 0.15) is 6.04 Å². The van der Waals surface area contributed by atoms with Gasteiger partial charge >= 0.3 is 0 Å². The van der Waals surface area contributed by atoms with E-state index in [9.17, 15) is 14.4 Å². The molecule has 0 bridgehead atoms. The molecule has 1 aliphatic rings. The Balaban J connectivity index is 1.67. The second-order valence-electron chi connectivity index (χ2n) is 5.69. The number of H-pyrrole nitrogens is 1. The van der Waals surface area contributed by atoms with E-state index < -0.39 is 23.8 Å². The van der Waals surface area contributed by atoms with Crippen molar-refractivity contribution in [3.8, 4) is 0 Å². The van der Waals surface area contributed by atoms with Gasteiger partial charge in [0, 0.05) is 14.1 Å². The lowest BCUT2D eigenvalue weighted by Crippen LogP contribution is -2.43. The molecule has 130 valence electrons. The molecule has 2 aromatic rings. The number of amides is 3. The van der Waals surface area contributed by atoms with Crippen LogP contribution in [0.5, 0.6) is 0 Å². The van der Waals surface area contributed by atoms with Gasteiger partial charge < -0.3 is 15.5 Å². The summed E-state index contributed by atoms with van der Waals surface area (Å²) < 4.78 is 0. The molecule has 1 aliphatic heterocycles. The van der Waals surface area contributed by atoms with E-state index in [1.165, 1.54) is 0 Å². The highest BCUT2D eigenvalue weighted by Gasteiger charge is 2.29. The average Bonchev–Trinajstić information content (AvgIpc) is 2.98. The quantitative estimate of drug-likeness (QED) is 0.615. The van der Waals surface area contributed by atoms with Crippen LogP contribution in [0.4, 0.5) is 17.6 Å². The summed E-state index contributed by atoms with van der Waals surface area (Å²) >= 11 is 0. The minimum Gasteiger partial charge on any atom is -0.346 e. The van der Waals surface area contributed by atoms with E-state index in [1.54, 1.807) is 43.3 Å². The zero-order valence-electron chi connectivity index (χ0n) is 13.7. The number of aromatic amines is 1. The molecule has 0 unspecified atom stereocenters. The van der Waals surface area contributed by atoms with Crippen molar-refractivity contribution in [3.63, 3.8) is 0 Å². The van der Waals surface area contributed by atoms with Crippen molar-refractivity contribution in [2.75, 3.05) is 29.6 Å². The summed E-state index contributed by atoms with van der Waals surface area (Å²) in [6.45, 7) is 0. The van der Waals surface area contributed by atoms with E-state index in [0.29, 0.717) is 17.2 Å². The number of nitrogens with one attached hydrogen (secondary N) is 4. The zero-order valence-corrected chi connectivity index (χ0v) is 13.7. The molecule has 1 aromatic carbocycles. The van der Waals surface area contributed by atoms with Crippen LogP contribution in [0.3, 0.4) is 0 Å². The molecule has 25 heavy (non-hydrogen) atoms. The summed E-state index contributed by atoms with van der Waals surface area (Å²) in [5.74, 6) is -0.780. The lowest BCUT2D eigenvalue weighted by Gasteiger charge is -2.13. The number of aromatic nitrogens is 3. The Morgan fingerprint density at radius 1 is 1.28 bits per heavy atom. The molecular formula is C15H17N7O3. The number of anilines is 3. The second-order valence-corrected chi connectivity index (χ2v) is 5.69. The molecule has 3 rings (SSSR count). The summed E-state index contributed by atoms with van der Waals surface area (Å²) in [4.78, 5) is 42.4. The van der Waals surface area contributed by atoms with Gasteiger partial charge in [-0.05, 0) is 12.1 Å². The van der Waals surface area contributed by atoms with Crippen LogP contribution in [0.1, 0.15) is 16.8 Å². The summed E-state index contributed by atoms with van der Waals surface area (Å²) in [6.07, 6.45) is -0.233. The molecule has 1 atom stereocenters. The Labute approximate surface area is 143 Å². The van der Waals surface area contributed by atoms with Gasteiger partial charge in [0.25, 0.3) is 5.91 Å². The second kappa shape index (κ2) is 6.59. The van der Waals surface area contributed by atoms with Crippen LogP contribution in [0.25, 0.3) is 0 Å². The van der Waals surface area contributed by atoms with Crippen LogP contribution in [-0.2, 0) is 9.59 Å². The minimum absolute atomic E-state index is 0.164. The first-order chi connectivity index (χ1) is 11.9. The fourth-order valence-corrected chi connectivity index (χ4v) is 2.33. The van der Waals surface area contributed by atoms with Crippen molar-refractivity contribution in [2.45, 2.75) is 12.5 Å². The Kier molecular flexibility index (Phi) is 4.33. The number of rotatable bonds is 4. The van der Waals surface area contributed by atoms with Gasteiger partial charge in [0.05, 0.1) is 17.7 Å². The van der Waals surface area contributed by atoms with Gasteiger partial charge in [-0.3, -0.25) is 19.7 Å². The molecule has 2 heterocycles. The van der Waals surface area contributed by atoms with Gasteiger partial charge in [-0.2, -0.15) is 4.98 Å². The molecule has 0 radical (unpaired) electrons. The predicted octanol–water partition coefficient (Wildman–Crippen LogP) is -0.0500. The van der Waals surface area contributed by atoms with Crippen molar-refractivity contribution in [1.29, 1.82) is 0 Å². The van der Waals surface area contributed by atoms with E-state index >= 15 is 0 Å². The lowest BCUT2D eigenvalue weighted by atomic mass is 10.1. The third-order valence-corrected chi connectivity index (χ3v) is 3.57. The van der Waals surface area contributed by atoms with E-state index in [4.69, 9.17) is 0 Å². The first-order valence-electron chi connectivity index (χ1n) is 7.54. The molecule has 3 amide bonds. The van der Waals surface area contributed by atoms with Gasteiger partial charge in [-0.25, -0.2) is 5.10 Å². The van der Waals surface area contributed by atoms with Crippen LogP contribution in [0.2, 0.25) is 0 Å². The van der Waals surface area contributed by atoms with Crippen LogP contribution < -0.4 is 20.9 Å². The third kappa shape index (κ3) is 3.57. The van der Waals surface area contributed by atoms with Crippen molar-refractivity contribution in [2.24, 2.45) is 0 Å². The Hall–Kier alpha value is -3.43. The lowest BCUT2D eigenvalue weighted by molar-refractivity contribution is -0.122. The van der Waals surface area contributed by atoms with Crippen molar-refractivity contribution >= 4 is 35.3 Å². The van der Waals surface area contributed by atoms with Crippen LogP contribution in [0, 0.1) is 0 Å². The average molecular weight is 343 g/mol. The van der Waals surface area contributed by atoms with E-state index in [2.05, 4.69) is 31.1 Å². The monoisotopic (exact) mass is 343 g/mol. The maximum absolute atomic E-state index is 12.3. The van der Waals surface area contributed by atoms with Gasteiger partial charge in [-0.15, -0.1) is 5.10 Å². The number of carbonyl (C=O) groups excluding carboxylic acids is 3. The van der Waals surface area contributed by atoms with Crippen LogP contribution >= 0.6 is 0 Å². The maximum Gasteiger partial charge on any atom is 0.254 e. The number of nitrogens with zero attached hydrogens (tertiary/aromatic N) is 3. The molecule has 0 spiro atoms. The highest BCUT2D eigenvalue weighted by atomic mass is 16.2. The normalized spacial score (nSPS) is 16.3.